The van der Waals surface area contributed by atoms with Crippen molar-refractivity contribution in [2.45, 2.75) is 58.0 Å². The van der Waals surface area contributed by atoms with Gasteiger partial charge in [-0.15, -0.1) is 6.58 Å². The minimum Gasteiger partial charge on any atom is -0.316 e. The summed E-state index contributed by atoms with van der Waals surface area (Å²) in [5.41, 5.74) is 9.83. The molecule has 4 aliphatic heterocycles. The summed E-state index contributed by atoms with van der Waals surface area (Å²) < 4.78 is 0. The molecular formula is C35H35N3. The van der Waals surface area contributed by atoms with Crippen LogP contribution in [0.4, 0.5) is 22.9 Å². The van der Waals surface area contributed by atoms with Crippen molar-refractivity contribution in [3.63, 3.8) is 0 Å². The average Bonchev–Trinajstić information content (AvgIpc) is 3.26. The fraction of sp³-hybridized carbons (Fsp3) is 0.286. The number of allylic oxidation sites excluding steroid dienone is 1. The highest BCUT2D eigenvalue weighted by Crippen LogP contribution is 2.65. The van der Waals surface area contributed by atoms with E-state index in [0.29, 0.717) is 0 Å². The second-order valence-corrected chi connectivity index (χ2v) is 12.7. The number of hydrogen-bond donors (Lipinski definition) is 0. The molecule has 0 fully saturated rings. The zero-order valence-corrected chi connectivity index (χ0v) is 23.0. The van der Waals surface area contributed by atoms with Gasteiger partial charge in [0, 0.05) is 28.3 Å². The summed E-state index contributed by atoms with van der Waals surface area (Å²) in [5, 5.41) is 0. The summed E-state index contributed by atoms with van der Waals surface area (Å²) in [5.74, 6) is 1.02. The third-order valence-electron chi connectivity index (χ3n) is 9.57. The third-order valence-corrected chi connectivity index (χ3v) is 9.57. The van der Waals surface area contributed by atoms with Gasteiger partial charge in [0.05, 0.1) is 11.4 Å². The molecule has 2 bridgehead atoms. The molecule has 190 valence electrons. The molecular weight excluding hydrogens is 462 g/mol. The highest BCUT2D eigenvalue weighted by atomic mass is 15.5. The second-order valence-electron chi connectivity index (χ2n) is 12.7. The number of nitrogens with zero attached hydrogens (tertiary/aromatic N) is 3. The van der Waals surface area contributed by atoms with Gasteiger partial charge in [-0.2, -0.15) is 0 Å². The number of hydrogen-bond acceptors (Lipinski definition) is 3. The number of benzene rings is 3. The molecule has 0 radical (unpaired) electrons. The van der Waals surface area contributed by atoms with Crippen molar-refractivity contribution in [3.05, 3.63) is 114 Å². The van der Waals surface area contributed by atoms with E-state index in [1.807, 2.05) is 6.20 Å². The minimum absolute atomic E-state index is 0.0497. The molecule has 0 saturated carbocycles. The number of anilines is 4. The normalized spacial score (nSPS) is 24.8. The molecule has 38 heavy (non-hydrogen) atoms. The zero-order valence-electron chi connectivity index (χ0n) is 23.0. The Bertz CT molecular complexity index is 1600. The van der Waals surface area contributed by atoms with E-state index in [-0.39, 0.29) is 22.4 Å². The Balaban J connectivity index is 1.58. The molecule has 4 aromatic rings. The molecule has 0 aliphatic carbocycles. The maximum Gasteiger partial charge on any atom is 0.158 e. The summed E-state index contributed by atoms with van der Waals surface area (Å²) >= 11 is 0. The van der Waals surface area contributed by atoms with Crippen LogP contribution in [0.2, 0.25) is 0 Å². The van der Waals surface area contributed by atoms with Crippen LogP contribution in [0.1, 0.15) is 51.3 Å². The molecule has 0 saturated heterocycles. The predicted molar refractivity (Wildman–Crippen MR) is 159 cm³/mol. The van der Waals surface area contributed by atoms with Crippen LogP contribution in [-0.2, 0) is 17.3 Å². The van der Waals surface area contributed by atoms with Gasteiger partial charge in [0.2, 0.25) is 0 Å². The summed E-state index contributed by atoms with van der Waals surface area (Å²) in [6, 6.07) is 29.3. The Morgan fingerprint density at radius 2 is 1.66 bits per heavy atom. The van der Waals surface area contributed by atoms with Crippen LogP contribution < -0.4 is 9.80 Å². The molecule has 8 rings (SSSR count). The lowest BCUT2D eigenvalue weighted by Gasteiger charge is -2.59. The molecule has 5 heterocycles. The summed E-state index contributed by atoms with van der Waals surface area (Å²) in [4.78, 5) is 10.1. The van der Waals surface area contributed by atoms with Gasteiger partial charge < -0.3 is 9.80 Å². The van der Waals surface area contributed by atoms with Gasteiger partial charge in [-0.25, -0.2) is 4.98 Å². The Morgan fingerprint density at radius 3 is 2.39 bits per heavy atom. The van der Waals surface area contributed by atoms with Crippen LogP contribution in [0.3, 0.4) is 0 Å². The highest BCUT2D eigenvalue weighted by molar-refractivity contribution is 5.94. The van der Waals surface area contributed by atoms with Crippen LogP contribution in [-0.4, -0.2) is 11.1 Å². The first-order valence-electron chi connectivity index (χ1n) is 13.7. The lowest BCUT2D eigenvalue weighted by Crippen LogP contribution is -2.63. The summed E-state index contributed by atoms with van der Waals surface area (Å²) in [7, 11) is 0. The quantitative estimate of drug-likeness (QED) is 0.258. The summed E-state index contributed by atoms with van der Waals surface area (Å²) in [6.07, 6.45) is 5.13. The van der Waals surface area contributed by atoms with Crippen molar-refractivity contribution >= 4 is 22.9 Å². The van der Waals surface area contributed by atoms with Gasteiger partial charge in [-0.3, -0.25) is 0 Å². The van der Waals surface area contributed by atoms with E-state index in [0.717, 1.165) is 12.2 Å². The van der Waals surface area contributed by atoms with E-state index >= 15 is 0 Å². The monoisotopic (exact) mass is 497 g/mol. The number of rotatable bonds is 2. The molecule has 1 aromatic heterocycles. The lowest BCUT2D eigenvalue weighted by molar-refractivity contribution is 0.143. The van der Waals surface area contributed by atoms with Crippen molar-refractivity contribution in [2.75, 3.05) is 9.80 Å². The third kappa shape index (κ3) is 2.88. The zero-order chi connectivity index (χ0) is 26.4. The second kappa shape index (κ2) is 7.60. The minimum atomic E-state index is -0.250. The van der Waals surface area contributed by atoms with E-state index in [9.17, 15) is 0 Å². The van der Waals surface area contributed by atoms with E-state index in [1.54, 1.807) is 0 Å². The predicted octanol–water partition coefficient (Wildman–Crippen LogP) is 8.68. The van der Waals surface area contributed by atoms with Crippen LogP contribution in [0.25, 0.3) is 11.1 Å². The maximum atomic E-state index is 5.04. The molecule has 3 atom stereocenters. The maximum absolute atomic E-state index is 5.04. The Labute approximate surface area is 226 Å². The van der Waals surface area contributed by atoms with Crippen molar-refractivity contribution in [1.29, 1.82) is 0 Å². The fourth-order valence-corrected chi connectivity index (χ4v) is 7.21. The van der Waals surface area contributed by atoms with Crippen LogP contribution in [0, 0.1) is 5.41 Å². The lowest BCUT2D eigenvalue weighted by atomic mass is 9.54. The first-order valence-corrected chi connectivity index (χ1v) is 13.7. The van der Waals surface area contributed by atoms with E-state index in [4.69, 9.17) is 4.98 Å². The van der Waals surface area contributed by atoms with E-state index in [1.165, 1.54) is 44.9 Å². The number of pyridine rings is 1. The Kier molecular flexibility index (Phi) is 4.66. The van der Waals surface area contributed by atoms with Gasteiger partial charge >= 0.3 is 0 Å². The number of aromatic nitrogens is 1. The average molecular weight is 498 g/mol. The molecule has 4 aliphatic rings. The Hall–Kier alpha value is -3.85. The van der Waals surface area contributed by atoms with Crippen LogP contribution in [0.15, 0.2) is 97.7 Å². The van der Waals surface area contributed by atoms with Crippen molar-refractivity contribution in [3.8, 4) is 11.1 Å². The van der Waals surface area contributed by atoms with Gasteiger partial charge in [-0.05, 0) is 64.4 Å². The van der Waals surface area contributed by atoms with E-state index in [2.05, 4.69) is 136 Å². The van der Waals surface area contributed by atoms with Gasteiger partial charge in [0.15, 0.2) is 5.82 Å². The first kappa shape index (κ1) is 23.3. The first-order chi connectivity index (χ1) is 18.2. The molecule has 0 spiro atoms. The van der Waals surface area contributed by atoms with Crippen molar-refractivity contribution < 1.29 is 0 Å². The number of fused-ring (bicyclic) bond motifs is 6. The molecule has 3 unspecified atom stereocenters. The topological polar surface area (TPSA) is 19.4 Å². The van der Waals surface area contributed by atoms with Crippen molar-refractivity contribution in [2.24, 2.45) is 5.41 Å². The fourth-order valence-electron chi connectivity index (χ4n) is 7.21. The van der Waals surface area contributed by atoms with Gasteiger partial charge in [0.1, 0.15) is 6.17 Å². The van der Waals surface area contributed by atoms with Gasteiger partial charge in [0.25, 0.3) is 0 Å². The van der Waals surface area contributed by atoms with Crippen molar-refractivity contribution in [1.82, 2.24) is 4.98 Å². The molecule has 3 nitrogen and oxygen atoms in total. The molecule has 0 amide bonds. The standard InChI is InChI=1S/C35H35N3/c1-7-34(5)27-17-16-25(33(2,3)4)21-30(27)37-29-14-11-19-36-31(29)38-28-18-15-23(22-35(34,6)32(37)38)20-26(28)24-12-9-8-10-13-24/h7-21,32H,1,22H2,2-6H3. The largest absolute Gasteiger partial charge is 0.316 e. The molecule has 0 N–H and O–H groups in total. The molecule has 3 heteroatoms. The Morgan fingerprint density at radius 1 is 0.868 bits per heavy atom. The van der Waals surface area contributed by atoms with E-state index < -0.39 is 0 Å². The highest BCUT2D eigenvalue weighted by Gasteiger charge is 2.62. The van der Waals surface area contributed by atoms with Crippen LogP contribution in [0.5, 0.6) is 0 Å². The van der Waals surface area contributed by atoms with Gasteiger partial charge in [-0.1, -0.05) is 89.2 Å². The SMILES string of the molecule is C=CC1(C)c2ccc(C(C)(C)C)cc2N2c3cccnc3N3c4ccc(cc4-c4ccccc4)CC1(C)C23. The van der Waals surface area contributed by atoms with Crippen LogP contribution >= 0.6 is 0 Å². The molecule has 3 aromatic carbocycles. The smallest absolute Gasteiger partial charge is 0.158 e. The summed E-state index contributed by atoms with van der Waals surface area (Å²) in [6.45, 7) is 16.2.